The molecule has 2 nitrogen and oxygen atoms in total. The van der Waals surface area contributed by atoms with E-state index in [-0.39, 0.29) is 6.04 Å². The molecule has 1 aromatic carbocycles. The van der Waals surface area contributed by atoms with Gasteiger partial charge in [0, 0.05) is 5.39 Å². The van der Waals surface area contributed by atoms with Crippen LogP contribution < -0.4 is 5.73 Å². The Bertz CT molecular complexity index is 490. The van der Waals surface area contributed by atoms with Gasteiger partial charge in [0.1, 0.15) is 5.76 Å². The monoisotopic (exact) mass is 237 g/mol. The first-order valence-corrected chi connectivity index (χ1v) is 5.89. The molecule has 0 saturated carbocycles. The molecule has 0 radical (unpaired) electrons. The van der Waals surface area contributed by atoms with Crippen LogP contribution in [0.25, 0.3) is 11.0 Å². The molecule has 86 valence electrons. The molecule has 0 aliphatic carbocycles. The van der Waals surface area contributed by atoms with E-state index in [2.05, 4.69) is 13.8 Å². The second-order valence-electron chi connectivity index (χ2n) is 4.54. The Hall–Kier alpha value is -0.990. The van der Waals surface area contributed by atoms with Crippen molar-refractivity contribution in [3.8, 4) is 0 Å². The molecule has 0 fully saturated rings. The van der Waals surface area contributed by atoms with E-state index in [9.17, 15) is 0 Å². The highest BCUT2D eigenvalue weighted by Gasteiger charge is 2.14. The topological polar surface area (TPSA) is 39.2 Å². The summed E-state index contributed by atoms with van der Waals surface area (Å²) in [6.07, 6.45) is 0.914. The normalized spacial score (nSPS) is 13.6. The Morgan fingerprint density at radius 2 is 2.12 bits per heavy atom. The Kier molecular flexibility index (Phi) is 3.22. The standard InChI is InChI=1S/C13H16ClNO/c1-8(2)6-11(15)12-7-9-4-3-5-10(14)13(9)16-12/h3-5,7-8,11H,6,15H2,1-2H3/t11-/m0/s1. The largest absolute Gasteiger partial charge is 0.458 e. The van der Waals surface area contributed by atoms with Gasteiger partial charge < -0.3 is 10.2 Å². The summed E-state index contributed by atoms with van der Waals surface area (Å²) in [5, 5.41) is 1.65. The summed E-state index contributed by atoms with van der Waals surface area (Å²) in [7, 11) is 0. The Morgan fingerprint density at radius 1 is 1.38 bits per heavy atom. The smallest absolute Gasteiger partial charge is 0.152 e. The van der Waals surface area contributed by atoms with Crippen LogP contribution in [0.5, 0.6) is 0 Å². The van der Waals surface area contributed by atoms with Gasteiger partial charge in [0.2, 0.25) is 0 Å². The maximum absolute atomic E-state index is 6.07. The fraction of sp³-hybridized carbons (Fsp3) is 0.385. The van der Waals surface area contributed by atoms with E-state index in [1.54, 1.807) is 0 Å². The summed E-state index contributed by atoms with van der Waals surface area (Å²) in [5.74, 6) is 1.37. The van der Waals surface area contributed by atoms with Crippen molar-refractivity contribution in [3.05, 3.63) is 35.0 Å². The lowest BCUT2D eigenvalue weighted by Gasteiger charge is -2.10. The molecule has 2 aromatic rings. The number of hydrogen-bond donors (Lipinski definition) is 1. The minimum Gasteiger partial charge on any atom is -0.458 e. The van der Waals surface area contributed by atoms with Gasteiger partial charge in [0.25, 0.3) is 0 Å². The second kappa shape index (κ2) is 4.48. The molecule has 3 heteroatoms. The quantitative estimate of drug-likeness (QED) is 0.872. The molecule has 0 amide bonds. The van der Waals surface area contributed by atoms with E-state index in [1.165, 1.54) is 0 Å². The van der Waals surface area contributed by atoms with Crippen molar-refractivity contribution in [1.82, 2.24) is 0 Å². The highest BCUT2D eigenvalue weighted by molar-refractivity contribution is 6.34. The van der Waals surface area contributed by atoms with Crippen molar-refractivity contribution in [2.45, 2.75) is 26.3 Å². The molecule has 0 bridgehead atoms. The van der Waals surface area contributed by atoms with E-state index < -0.39 is 0 Å². The molecule has 0 unspecified atom stereocenters. The summed E-state index contributed by atoms with van der Waals surface area (Å²) in [4.78, 5) is 0. The van der Waals surface area contributed by atoms with Crippen LogP contribution in [0.3, 0.4) is 0 Å². The lowest BCUT2D eigenvalue weighted by molar-refractivity contribution is 0.431. The van der Waals surface area contributed by atoms with Crippen LogP contribution >= 0.6 is 11.6 Å². The molecule has 1 aromatic heterocycles. The summed E-state index contributed by atoms with van der Waals surface area (Å²) in [5.41, 5.74) is 6.81. The van der Waals surface area contributed by atoms with Crippen molar-refractivity contribution < 1.29 is 4.42 Å². The van der Waals surface area contributed by atoms with Gasteiger partial charge in [-0.05, 0) is 24.5 Å². The van der Waals surface area contributed by atoms with Gasteiger partial charge in [-0.25, -0.2) is 0 Å². The number of fused-ring (bicyclic) bond motifs is 1. The van der Waals surface area contributed by atoms with Crippen molar-refractivity contribution in [3.63, 3.8) is 0 Å². The summed E-state index contributed by atoms with van der Waals surface area (Å²) >= 11 is 6.05. The highest BCUT2D eigenvalue weighted by atomic mass is 35.5. The predicted octanol–water partition coefficient (Wildman–Crippen LogP) is 4.13. The number of hydrogen-bond acceptors (Lipinski definition) is 2. The molecular formula is C13H16ClNO. The fourth-order valence-electron chi connectivity index (χ4n) is 1.85. The van der Waals surface area contributed by atoms with Crippen LogP contribution in [0.1, 0.15) is 32.1 Å². The molecule has 1 atom stereocenters. The molecular weight excluding hydrogens is 222 g/mol. The van der Waals surface area contributed by atoms with Crippen molar-refractivity contribution in [2.75, 3.05) is 0 Å². The van der Waals surface area contributed by atoms with Crippen LogP contribution in [0.2, 0.25) is 5.02 Å². The van der Waals surface area contributed by atoms with Crippen LogP contribution in [-0.2, 0) is 0 Å². The first-order chi connectivity index (χ1) is 7.58. The van der Waals surface area contributed by atoms with Crippen LogP contribution in [0.4, 0.5) is 0 Å². The summed E-state index contributed by atoms with van der Waals surface area (Å²) < 4.78 is 5.70. The van der Waals surface area contributed by atoms with Gasteiger partial charge in [-0.15, -0.1) is 0 Å². The van der Waals surface area contributed by atoms with Crippen LogP contribution in [0.15, 0.2) is 28.7 Å². The molecule has 0 spiro atoms. The highest BCUT2D eigenvalue weighted by Crippen LogP contribution is 2.30. The Labute approximate surface area is 100 Å². The third-order valence-corrected chi connectivity index (χ3v) is 2.90. The Balaban J connectivity index is 2.36. The SMILES string of the molecule is CC(C)C[C@H](N)c1cc2cccc(Cl)c2o1. The Morgan fingerprint density at radius 3 is 2.75 bits per heavy atom. The molecule has 1 heterocycles. The zero-order chi connectivity index (χ0) is 11.7. The maximum atomic E-state index is 6.07. The third-order valence-electron chi connectivity index (χ3n) is 2.61. The molecule has 2 rings (SSSR count). The third kappa shape index (κ3) is 2.23. The fourth-order valence-corrected chi connectivity index (χ4v) is 2.07. The second-order valence-corrected chi connectivity index (χ2v) is 4.95. The lowest BCUT2D eigenvalue weighted by atomic mass is 10.0. The number of benzene rings is 1. The number of halogens is 1. The maximum Gasteiger partial charge on any atom is 0.152 e. The molecule has 0 saturated heterocycles. The average Bonchev–Trinajstić information content (AvgIpc) is 2.61. The number of para-hydroxylation sites is 1. The van der Waals surface area contributed by atoms with Crippen molar-refractivity contribution in [2.24, 2.45) is 11.7 Å². The van der Waals surface area contributed by atoms with E-state index >= 15 is 0 Å². The van der Waals surface area contributed by atoms with Gasteiger partial charge in [-0.3, -0.25) is 0 Å². The van der Waals surface area contributed by atoms with E-state index in [1.807, 2.05) is 24.3 Å². The first kappa shape index (κ1) is 11.5. The van der Waals surface area contributed by atoms with E-state index in [0.29, 0.717) is 10.9 Å². The van der Waals surface area contributed by atoms with Crippen LogP contribution in [0, 0.1) is 5.92 Å². The minimum absolute atomic E-state index is 0.0523. The number of furan rings is 1. The van der Waals surface area contributed by atoms with E-state index in [0.717, 1.165) is 23.2 Å². The predicted molar refractivity (Wildman–Crippen MR) is 67.6 cm³/mol. The molecule has 2 N–H and O–H groups in total. The first-order valence-electron chi connectivity index (χ1n) is 5.51. The molecule has 0 aliphatic heterocycles. The number of nitrogens with two attached hydrogens (primary N) is 1. The lowest BCUT2D eigenvalue weighted by Crippen LogP contribution is -2.11. The van der Waals surface area contributed by atoms with Crippen LogP contribution in [-0.4, -0.2) is 0 Å². The summed E-state index contributed by atoms with van der Waals surface area (Å²) in [6.45, 7) is 4.30. The van der Waals surface area contributed by atoms with Gasteiger partial charge >= 0.3 is 0 Å². The van der Waals surface area contributed by atoms with Crippen molar-refractivity contribution in [1.29, 1.82) is 0 Å². The van der Waals surface area contributed by atoms with Gasteiger partial charge in [-0.2, -0.15) is 0 Å². The minimum atomic E-state index is -0.0523. The van der Waals surface area contributed by atoms with Crippen molar-refractivity contribution >= 4 is 22.6 Å². The summed E-state index contributed by atoms with van der Waals surface area (Å²) in [6, 6.07) is 7.65. The van der Waals surface area contributed by atoms with Gasteiger partial charge in [0.15, 0.2) is 5.58 Å². The van der Waals surface area contributed by atoms with Gasteiger partial charge in [-0.1, -0.05) is 37.6 Å². The van der Waals surface area contributed by atoms with Gasteiger partial charge in [0.05, 0.1) is 11.1 Å². The average molecular weight is 238 g/mol. The molecule has 0 aliphatic rings. The number of rotatable bonds is 3. The molecule has 16 heavy (non-hydrogen) atoms. The zero-order valence-electron chi connectivity index (χ0n) is 9.53. The van der Waals surface area contributed by atoms with E-state index in [4.69, 9.17) is 21.8 Å². The zero-order valence-corrected chi connectivity index (χ0v) is 10.3.